The van der Waals surface area contributed by atoms with Crippen LogP contribution in [-0.4, -0.2) is 29.8 Å². The molecule has 0 unspecified atom stereocenters. The Balaban J connectivity index is 1.97. The summed E-state index contributed by atoms with van der Waals surface area (Å²) < 4.78 is 11.7. The molecule has 4 heteroatoms. The smallest absolute Gasteiger partial charge is 0.213 e. The van der Waals surface area contributed by atoms with Crippen molar-refractivity contribution in [1.29, 1.82) is 0 Å². The van der Waals surface area contributed by atoms with Crippen molar-refractivity contribution in [3.63, 3.8) is 0 Å². The molecule has 1 aliphatic heterocycles. The van der Waals surface area contributed by atoms with Gasteiger partial charge in [0.05, 0.1) is 12.3 Å². The van der Waals surface area contributed by atoms with Gasteiger partial charge < -0.3 is 14.8 Å². The van der Waals surface area contributed by atoms with E-state index in [4.69, 9.17) is 9.47 Å². The summed E-state index contributed by atoms with van der Waals surface area (Å²) in [4.78, 5) is 4.35. The maximum absolute atomic E-state index is 6.08. The highest BCUT2D eigenvalue weighted by atomic mass is 16.5. The predicted molar refractivity (Wildman–Crippen MR) is 80.3 cm³/mol. The molecule has 1 aromatic rings. The Morgan fingerprint density at radius 3 is 2.80 bits per heavy atom. The fraction of sp³-hybridized carbons (Fsp3) is 0.688. The Bertz CT molecular complexity index is 405. The van der Waals surface area contributed by atoms with Crippen molar-refractivity contribution in [2.45, 2.75) is 58.8 Å². The van der Waals surface area contributed by atoms with E-state index >= 15 is 0 Å². The van der Waals surface area contributed by atoms with Crippen molar-refractivity contribution >= 4 is 0 Å². The zero-order valence-corrected chi connectivity index (χ0v) is 12.9. The van der Waals surface area contributed by atoms with E-state index < -0.39 is 0 Å². The highest BCUT2D eigenvalue weighted by molar-refractivity contribution is 5.23. The van der Waals surface area contributed by atoms with E-state index in [2.05, 4.69) is 24.1 Å². The van der Waals surface area contributed by atoms with Gasteiger partial charge in [0, 0.05) is 24.6 Å². The molecule has 1 N–H and O–H groups in total. The summed E-state index contributed by atoms with van der Waals surface area (Å²) >= 11 is 0. The number of nitrogens with zero attached hydrogens (tertiary/aromatic N) is 1. The minimum atomic E-state index is 0.165. The van der Waals surface area contributed by atoms with Gasteiger partial charge in [-0.05, 0) is 39.7 Å². The van der Waals surface area contributed by atoms with Crippen LogP contribution in [0, 0.1) is 5.92 Å². The second-order valence-corrected chi connectivity index (χ2v) is 5.87. The summed E-state index contributed by atoms with van der Waals surface area (Å²) in [6.45, 7) is 9.46. The van der Waals surface area contributed by atoms with Crippen LogP contribution in [0.25, 0.3) is 0 Å². The van der Waals surface area contributed by atoms with Crippen LogP contribution in [0.15, 0.2) is 18.3 Å². The Morgan fingerprint density at radius 2 is 2.20 bits per heavy atom. The van der Waals surface area contributed by atoms with E-state index in [0.29, 0.717) is 17.8 Å². The number of piperidine rings is 1. The second-order valence-electron chi connectivity index (χ2n) is 5.87. The molecule has 20 heavy (non-hydrogen) atoms. The number of hydrogen-bond acceptors (Lipinski definition) is 4. The third-order valence-electron chi connectivity index (χ3n) is 3.72. The molecule has 1 aliphatic rings. The van der Waals surface area contributed by atoms with Gasteiger partial charge in [0.2, 0.25) is 5.88 Å². The normalized spacial score (nSPS) is 26.6. The van der Waals surface area contributed by atoms with Crippen molar-refractivity contribution < 1.29 is 9.47 Å². The number of pyridine rings is 1. The molecule has 1 fully saturated rings. The topological polar surface area (TPSA) is 43.4 Å². The summed E-state index contributed by atoms with van der Waals surface area (Å²) in [7, 11) is 0. The standard InChI is InChI=1S/C16H26N2O2/c1-5-13-9-17-12(4)8-15(13)20-16-7-6-14(10-18-16)19-11(2)3/h6-7,10-13,15,17H,5,8-9H2,1-4H3/t12-,13+,15+/m1/s1. The van der Waals surface area contributed by atoms with Gasteiger partial charge in [0.15, 0.2) is 0 Å². The first kappa shape index (κ1) is 15.1. The number of ether oxygens (including phenoxy) is 2. The molecule has 0 amide bonds. The van der Waals surface area contributed by atoms with Crippen LogP contribution in [-0.2, 0) is 0 Å². The second kappa shape index (κ2) is 6.93. The van der Waals surface area contributed by atoms with E-state index in [1.54, 1.807) is 6.20 Å². The van der Waals surface area contributed by atoms with Gasteiger partial charge in [-0.1, -0.05) is 6.92 Å². The zero-order valence-electron chi connectivity index (χ0n) is 12.9. The highest BCUT2D eigenvalue weighted by Gasteiger charge is 2.28. The summed E-state index contributed by atoms with van der Waals surface area (Å²) in [5.41, 5.74) is 0. The molecule has 3 atom stereocenters. The van der Waals surface area contributed by atoms with Gasteiger partial charge in [-0.25, -0.2) is 4.98 Å². The molecule has 0 aliphatic carbocycles. The Labute approximate surface area is 121 Å². The average molecular weight is 278 g/mol. The Morgan fingerprint density at radius 1 is 1.40 bits per heavy atom. The van der Waals surface area contributed by atoms with Crippen molar-refractivity contribution in [3.05, 3.63) is 18.3 Å². The summed E-state index contributed by atoms with van der Waals surface area (Å²) in [5.74, 6) is 2.04. The van der Waals surface area contributed by atoms with E-state index in [1.165, 1.54) is 0 Å². The lowest BCUT2D eigenvalue weighted by Gasteiger charge is -2.35. The molecule has 0 spiro atoms. The number of aromatic nitrogens is 1. The molecule has 112 valence electrons. The van der Waals surface area contributed by atoms with Crippen LogP contribution in [0.1, 0.15) is 40.5 Å². The molecular formula is C16H26N2O2. The lowest BCUT2D eigenvalue weighted by atomic mass is 9.90. The van der Waals surface area contributed by atoms with E-state index in [9.17, 15) is 0 Å². The van der Waals surface area contributed by atoms with E-state index in [-0.39, 0.29) is 12.2 Å². The van der Waals surface area contributed by atoms with Gasteiger partial charge in [-0.2, -0.15) is 0 Å². The van der Waals surface area contributed by atoms with Gasteiger partial charge in [0.25, 0.3) is 0 Å². The maximum Gasteiger partial charge on any atom is 0.213 e. The Hall–Kier alpha value is -1.29. The van der Waals surface area contributed by atoms with E-state index in [1.807, 2.05) is 26.0 Å². The van der Waals surface area contributed by atoms with Crippen LogP contribution in [0.2, 0.25) is 0 Å². The van der Waals surface area contributed by atoms with Gasteiger partial charge in [0.1, 0.15) is 11.9 Å². The third-order valence-corrected chi connectivity index (χ3v) is 3.72. The lowest BCUT2D eigenvalue weighted by Crippen LogP contribution is -2.47. The first-order chi connectivity index (χ1) is 9.58. The minimum absolute atomic E-state index is 0.165. The number of hydrogen-bond donors (Lipinski definition) is 1. The lowest BCUT2D eigenvalue weighted by molar-refractivity contribution is 0.0791. The predicted octanol–water partition coefficient (Wildman–Crippen LogP) is 3.02. The van der Waals surface area contributed by atoms with Crippen LogP contribution in [0.3, 0.4) is 0 Å². The SMILES string of the molecule is CC[C@H]1CN[C@H](C)C[C@@H]1Oc1ccc(OC(C)C)cn1. The van der Waals surface area contributed by atoms with Crippen molar-refractivity contribution in [3.8, 4) is 11.6 Å². The van der Waals surface area contributed by atoms with Crippen molar-refractivity contribution in [1.82, 2.24) is 10.3 Å². The van der Waals surface area contributed by atoms with Crippen molar-refractivity contribution in [2.24, 2.45) is 5.92 Å². The minimum Gasteiger partial charge on any atom is -0.489 e. The summed E-state index contributed by atoms with van der Waals surface area (Å²) in [5, 5.41) is 3.51. The molecule has 0 radical (unpaired) electrons. The first-order valence-corrected chi connectivity index (χ1v) is 7.61. The first-order valence-electron chi connectivity index (χ1n) is 7.61. The molecule has 0 saturated carbocycles. The number of nitrogens with one attached hydrogen (secondary N) is 1. The summed E-state index contributed by atoms with van der Waals surface area (Å²) in [6.07, 6.45) is 4.31. The monoisotopic (exact) mass is 278 g/mol. The maximum atomic E-state index is 6.08. The molecule has 1 aromatic heterocycles. The van der Waals surface area contributed by atoms with E-state index in [0.717, 1.165) is 25.1 Å². The molecule has 2 rings (SSSR count). The van der Waals surface area contributed by atoms with Gasteiger partial charge in [-0.15, -0.1) is 0 Å². The van der Waals surface area contributed by atoms with Crippen LogP contribution in [0.4, 0.5) is 0 Å². The molecule has 2 heterocycles. The van der Waals surface area contributed by atoms with Gasteiger partial charge >= 0.3 is 0 Å². The quantitative estimate of drug-likeness (QED) is 0.899. The molecule has 4 nitrogen and oxygen atoms in total. The highest BCUT2D eigenvalue weighted by Crippen LogP contribution is 2.24. The number of rotatable bonds is 5. The van der Waals surface area contributed by atoms with Crippen molar-refractivity contribution in [2.75, 3.05) is 6.54 Å². The molecule has 0 bridgehead atoms. The molecule has 0 aromatic carbocycles. The third kappa shape index (κ3) is 4.10. The average Bonchev–Trinajstić information content (AvgIpc) is 2.41. The molecular weight excluding hydrogens is 252 g/mol. The van der Waals surface area contributed by atoms with Gasteiger partial charge in [-0.3, -0.25) is 0 Å². The van der Waals surface area contributed by atoms with Crippen LogP contribution >= 0.6 is 0 Å². The largest absolute Gasteiger partial charge is 0.489 e. The fourth-order valence-electron chi connectivity index (χ4n) is 2.59. The Kier molecular flexibility index (Phi) is 5.24. The fourth-order valence-corrected chi connectivity index (χ4v) is 2.59. The zero-order chi connectivity index (χ0) is 14.5. The summed E-state index contributed by atoms with van der Waals surface area (Å²) in [6, 6.07) is 4.33. The van der Waals surface area contributed by atoms with Crippen LogP contribution in [0.5, 0.6) is 11.6 Å². The molecule has 1 saturated heterocycles. The van der Waals surface area contributed by atoms with Crippen LogP contribution < -0.4 is 14.8 Å².